The molecule has 0 radical (unpaired) electrons. The van der Waals surface area contributed by atoms with Crippen molar-refractivity contribution >= 4 is 11.5 Å². The van der Waals surface area contributed by atoms with Crippen LogP contribution in [-0.4, -0.2) is 49.3 Å². The summed E-state index contributed by atoms with van der Waals surface area (Å²) in [7, 11) is 2.91. The molecule has 1 aliphatic carbocycles. The minimum atomic E-state index is -0.691. The van der Waals surface area contributed by atoms with E-state index >= 15 is 0 Å². The van der Waals surface area contributed by atoms with Crippen LogP contribution in [-0.2, 0) is 9.47 Å². The Morgan fingerprint density at radius 3 is 2.72 bits per heavy atom. The second-order valence-corrected chi connectivity index (χ2v) is 6.87. The van der Waals surface area contributed by atoms with Gasteiger partial charge in [0.05, 0.1) is 31.9 Å². The van der Waals surface area contributed by atoms with E-state index in [1.807, 2.05) is 19.9 Å². The fourth-order valence-corrected chi connectivity index (χ4v) is 3.96. The van der Waals surface area contributed by atoms with Gasteiger partial charge >= 0.3 is 0 Å². The van der Waals surface area contributed by atoms with Crippen LogP contribution in [0, 0.1) is 0 Å². The molecule has 1 saturated heterocycles. The van der Waals surface area contributed by atoms with Crippen LogP contribution in [0.2, 0.25) is 0 Å². The van der Waals surface area contributed by atoms with Gasteiger partial charge in [-0.2, -0.15) is 0 Å². The van der Waals surface area contributed by atoms with Crippen molar-refractivity contribution in [3.8, 4) is 17.2 Å². The predicted molar refractivity (Wildman–Crippen MR) is 88.9 cm³/mol. The lowest BCUT2D eigenvalue weighted by atomic mass is 9.80. The highest BCUT2D eigenvalue weighted by molar-refractivity contribution is 6.07. The first-order chi connectivity index (χ1) is 11.9. The van der Waals surface area contributed by atoms with Crippen molar-refractivity contribution in [2.45, 2.75) is 44.3 Å². The maximum Gasteiger partial charge on any atom is 0.256 e. The van der Waals surface area contributed by atoms with Crippen LogP contribution in [0.4, 0.5) is 0 Å². The van der Waals surface area contributed by atoms with Gasteiger partial charge in [-0.05, 0) is 37.5 Å². The summed E-state index contributed by atoms with van der Waals surface area (Å²) in [6.45, 7) is 3.73. The number of methoxy groups -OCH3 is 2. The van der Waals surface area contributed by atoms with E-state index in [0.717, 1.165) is 5.57 Å². The molecule has 2 N–H and O–H groups in total. The van der Waals surface area contributed by atoms with Crippen LogP contribution >= 0.6 is 0 Å². The molecule has 7 nitrogen and oxygen atoms in total. The molecule has 1 aromatic carbocycles. The number of amides is 1. The van der Waals surface area contributed by atoms with Crippen molar-refractivity contribution in [1.82, 2.24) is 5.32 Å². The zero-order valence-electron chi connectivity index (χ0n) is 14.6. The second kappa shape index (κ2) is 5.37. The Balaban J connectivity index is 1.85. The number of ether oxygens (including phenoxy) is 4. The largest absolute Gasteiger partial charge is 0.504 e. The first-order valence-corrected chi connectivity index (χ1v) is 8.21. The van der Waals surface area contributed by atoms with Gasteiger partial charge in [-0.25, -0.2) is 0 Å². The van der Waals surface area contributed by atoms with Gasteiger partial charge in [0.1, 0.15) is 6.10 Å². The highest BCUT2D eigenvalue weighted by Gasteiger charge is 2.50. The molecule has 4 rings (SSSR count). The molecule has 2 aliphatic heterocycles. The minimum Gasteiger partial charge on any atom is -0.504 e. The molecule has 0 saturated carbocycles. The Morgan fingerprint density at radius 2 is 2.04 bits per heavy atom. The average molecular weight is 347 g/mol. The number of carbonyl (C=O) groups excluding carboxylic acids is 1. The van der Waals surface area contributed by atoms with E-state index in [1.165, 1.54) is 14.2 Å². The first-order valence-electron chi connectivity index (χ1n) is 8.21. The topological polar surface area (TPSA) is 86.2 Å². The van der Waals surface area contributed by atoms with Crippen molar-refractivity contribution in [1.29, 1.82) is 0 Å². The summed E-state index contributed by atoms with van der Waals surface area (Å²) in [6.07, 6.45) is 2.31. The van der Waals surface area contributed by atoms with E-state index in [0.29, 0.717) is 17.7 Å². The fraction of sp³-hybridized carbons (Fsp3) is 0.500. The van der Waals surface area contributed by atoms with Gasteiger partial charge in [0.25, 0.3) is 5.91 Å². The standard InChI is InChI=1S/C18H21NO6/c1-18(2)24-10-6-5-8-9-7-11(22-3)16(23-4)14(20)12(9)17(21)19-13(8)15(10)25-18/h5,7,10,13,15,20H,6H2,1-4H3,(H,19,21). The Hall–Kier alpha value is -2.25. The quantitative estimate of drug-likeness (QED) is 0.849. The molecule has 1 aromatic rings. The van der Waals surface area contributed by atoms with Crippen molar-refractivity contribution in [2.24, 2.45) is 0 Å². The third-order valence-electron chi connectivity index (χ3n) is 4.92. The molecular formula is C18H21NO6. The lowest BCUT2D eigenvalue weighted by Gasteiger charge is -2.37. The monoisotopic (exact) mass is 347 g/mol. The van der Waals surface area contributed by atoms with Gasteiger partial charge in [0.2, 0.25) is 5.75 Å². The molecule has 25 heavy (non-hydrogen) atoms. The molecule has 7 heteroatoms. The summed E-state index contributed by atoms with van der Waals surface area (Å²) in [4.78, 5) is 12.7. The summed E-state index contributed by atoms with van der Waals surface area (Å²) in [5.74, 6) is -0.766. The van der Waals surface area contributed by atoms with Gasteiger partial charge in [-0.1, -0.05) is 6.08 Å². The molecular weight excluding hydrogens is 326 g/mol. The van der Waals surface area contributed by atoms with E-state index in [9.17, 15) is 9.90 Å². The van der Waals surface area contributed by atoms with E-state index in [1.54, 1.807) is 6.07 Å². The number of benzene rings is 1. The number of nitrogens with one attached hydrogen (secondary N) is 1. The van der Waals surface area contributed by atoms with Crippen LogP contribution < -0.4 is 14.8 Å². The maximum atomic E-state index is 12.7. The number of carbonyl (C=O) groups is 1. The Bertz CT molecular complexity index is 784. The molecule has 1 amide bonds. The zero-order chi connectivity index (χ0) is 17.9. The SMILES string of the molecule is COc1cc2c(c(O)c1OC)C(=O)NC1C2=CCC2OC(C)(C)OC21. The van der Waals surface area contributed by atoms with Crippen molar-refractivity contribution < 1.29 is 28.8 Å². The number of hydrogen-bond acceptors (Lipinski definition) is 6. The number of hydrogen-bond donors (Lipinski definition) is 2. The van der Waals surface area contributed by atoms with E-state index in [-0.39, 0.29) is 41.2 Å². The summed E-state index contributed by atoms with van der Waals surface area (Å²) >= 11 is 0. The Kier molecular flexibility index (Phi) is 3.49. The maximum absolute atomic E-state index is 12.7. The van der Waals surface area contributed by atoms with Crippen molar-refractivity contribution in [3.05, 3.63) is 23.3 Å². The molecule has 0 spiro atoms. The van der Waals surface area contributed by atoms with Gasteiger partial charge in [-0.15, -0.1) is 0 Å². The van der Waals surface area contributed by atoms with Crippen LogP contribution in [0.3, 0.4) is 0 Å². The number of aromatic hydroxyl groups is 1. The van der Waals surface area contributed by atoms with E-state index in [2.05, 4.69) is 5.32 Å². The normalized spacial score (nSPS) is 29.0. The Labute approximate surface area is 145 Å². The van der Waals surface area contributed by atoms with Crippen LogP contribution in [0.15, 0.2) is 12.1 Å². The van der Waals surface area contributed by atoms with Crippen molar-refractivity contribution in [2.75, 3.05) is 14.2 Å². The summed E-state index contributed by atoms with van der Waals surface area (Å²) in [6, 6.07) is 1.39. The molecule has 134 valence electrons. The van der Waals surface area contributed by atoms with Crippen LogP contribution in [0.1, 0.15) is 36.2 Å². The average Bonchev–Trinajstić information content (AvgIpc) is 2.88. The summed E-state index contributed by atoms with van der Waals surface area (Å²) in [5, 5.41) is 13.5. The van der Waals surface area contributed by atoms with Gasteiger partial charge < -0.3 is 29.4 Å². The number of rotatable bonds is 2. The predicted octanol–water partition coefficient (Wildman–Crippen LogP) is 1.83. The van der Waals surface area contributed by atoms with Gasteiger partial charge in [-0.3, -0.25) is 4.79 Å². The van der Waals surface area contributed by atoms with Crippen molar-refractivity contribution in [3.63, 3.8) is 0 Å². The summed E-state index contributed by atoms with van der Waals surface area (Å²) < 4.78 is 22.5. The van der Waals surface area contributed by atoms with Crippen LogP contribution in [0.25, 0.3) is 5.57 Å². The first kappa shape index (κ1) is 16.2. The lowest BCUT2D eigenvalue weighted by molar-refractivity contribution is -0.146. The number of fused-ring (bicyclic) bond motifs is 5. The lowest BCUT2D eigenvalue weighted by Crippen LogP contribution is -2.52. The highest BCUT2D eigenvalue weighted by Crippen LogP contribution is 2.48. The molecule has 0 aromatic heterocycles. The zero-order valence-corrected chi connectivity index (χ0v) is 14.6. The smallest absolute Gasteiger partial charge is 0.256 e. The molecule has 1 fully saturated rings. The van der Waals surface area contributed by atoms with E-state index < -0.39 is 5.79 Å². The van der Waals surface area contributed by atoms with Gasteiger partial charge in [0.15, 0.2) is 17.3 Å². The number of phenols is 1. The molecule has 3 atom stereocenters. The number of phenolic OH excluding ortho intramolecular Hbond substituents is 1. The molecule has 2 heterocycles. The molecule has 3 aliphatic rings. The molecule has 0 bridgehead atoms. The fourth-order valence-electron chi connectivity index (χ4n) is 3.96. The third-order valence-corrected chi connectivity index (χ3v) is 4.92. The second-order valence-electron chi connectivity index (χ2n) is 6.87. The molecule has 3 unspecified atom stereocenters. The minimum absolute atomic E-state index is 0.112. The summed E-state index contributed by atoms with van der Waals surface area (Å²) in [5.41, 5.74) is 1.72. The van der Waals surface area contributed by atoms with Gasteiger partial charge in [0, 0.05) is 0 Å². The van der Waals surface area contributed by atoms with E-state index in [4.69, 9.17) is 18.9 Å². The Morgan fingerprint density at radius 1 is 1.28 bits per heavy atom. The highest BCUT2D eigenvalue weighted by atomic mass is 16.8. The van der Waals surface area contributed by atoms with Crippen LogP contribution in [0.5, 0.6) is 17.2 Å². The third kappa shape index (κ3) is 2.30.